The summed E-state index contributed by atoms with van der Waals surface area (Å²) < 4.78 is 12.9. The third kappa shape index (κ3) is 2.13. The Balaban J connectivity index is 1.99. The summed E-state index contributed by atoms with van der Waals surface area (Å²) in [6.07, 6.45) is 3.50. The fourth-order valence-corrected chi connectivity index (χ4v) is 1.63. The van der Waals surface area contributed by atoms with Gasteiger partial charge in [-0.15, -0.1) is 0 Å². The monoisotopic (exact) mass is 194 g/mol. The maximum absolute atomic E-state index is 12.9. The normalized spacial score (nSPS) is 18.2. The fourth-order valence-electron chi connectivity index (χ4n) is 1.63. The van der Waals surface area contributed by atoms with Crippen LogP contribution in [-0.4, -0.2) is 10.7 Å². The van der Waals surface area contributed by atoms with Crippen LogP contribution in [0, 0.1) is 12.7 Å². The second-order valence-electron chi connectivity index (χ2n) is 4.31. The Hall–Kier alpha value is -0.890. The summed E-state index contributed by atoms with van der Waals surface area (Å²) in [5.41, 5.74) is 1.40. The van der Waals surface area contributed by atoms with Gasteiger partial charge in [-0.05, 0) is 49.8 Å². The fraction of sp³-hybridized carbons (Fsp3) is 0.500. The third-order valence-electron chi connectivity index (χ3n) is 2.93. The Morgan fingerprint density at radius 2 is 2.14 bits per heavy atom. The molecule has 1 aromatic rings. The van der Waals surface area contributed by atoms with Gasteiger partial charge in [0.2, 0.25) is 0 Å². The van der Waals surface area contributed by atoms with Crippen molar-refractivity contribution in [3.63, 3.8) is 0 Å². The van der Waals surface area contributed by atoms with Crippen LogP contribution in [0.1, 0.15) is 30.4 Å². The number of rotatable bonds is 3. The SMILES string of the molecule is Cc1cc(CCC2(O)CC2)ccc1F. The standard InChI is InChI=1S/C12H15FO/c1-9-8-10(2-3-11(9)13)4-5-12(14)6-7-12/h2-3,8,14H,4-7H2,1H3. The molecule has 14 heavy (non-hydrogen) atoms. The Morgan fingerprint density at radius 1 is 1.43 bits per heavy atom. The largest absolute Gasteiger partial charge is 0.390 e. The maximum atomic E-state index is 12.9. The van der Waals surface area contributed by atoms with Gasteiger partial charge in [-0.3, -0.25) is 0 Å². The molecular weight excluding hydrogens is 179 g/mol. The highest BCUT2D eigenvalue weighted by molar-refractivity contribution is 5.24. The predicted octanol–water partition coefficient (Wildman–Crippen LogP) is 2.59. The van der Waals surface area contributed by atoms with Gasteiger partial charge in [-0.2, -0.15) is 0 Å². The summed E-state index contributed by atoms with van der Waals surface area (Å²) in [7, 11) is 0. The molecule has 0 bridgehead atoms. The summed E-state index contributed by atoms with van der Waals surface area (Å²) in [5.74, 6) is -0.154. The Labute approximate surface area is 83.6 Å². The van der Waals surface area contributed by atoms with E-state index in [-0.39, 0.29) is 5.82 Å². The first kappa shape index (κ1) is 9.66. The van der Waals surface area contributed by atoms with Crippen molar-refractivity contribution in [3.05, 3.63) is 35.1 Å². The molecule has 76 valence electrons. The van der Waals surface area contributed by atoms with Gasteiger partial charge in [-0.1, -0.05) is 12.1 Å². The molecule has 0 atom stereocenters. The Morgan fingerprint density at radius 3 is 2.71 bits per heavy atom. The third-order valence-corrected chi connectivity index (χ3v) is 2.93. The van der Waals surface area contributed by atoms with E-state index in [4.69, 9.17) is 0 Å². The molecule has 0 saturated heterocycles. The van der Waals surface area contributed by atoms with Crippen molar-refractivity contribution in [1.29, 1.82) is 0 Å². The van der Waals surface area contributed by atoms with E-state index in [9.17, 15) is 9.50 Å². The van der Waals surface area contributed by atoms with Crippen molar-refractivity contribution in [2.24, 2.45) is 0 Å². The van der Waals surface area contributed by atoms with Gasteiger partial charge in [0.05, 0.1) is 5.60 Å². The van der Waals surface area contributed by atoms with E-state index in [1.165, 1.54) is 6.07 Å². The van der Waals surface area contributed by atoms with Gasteiger partial charge in [0.25, 0.3) is 0 Å². The second-order valence-corrected chi connectivity index (χ2v) is 4.31. The highest BCUT2D eigenvalue weighted by atomic mass is 19.1. The Kier molecular flexibility index (Phi) is 2.31. The number of halogens is 1. The first-order valence-corrected chi connectivity index (χ1v) is 5.06. The highest BCUT2D eigenvalue weighted by Gasteiger charge is 2.39. The van der Waals surface area contributed by atoms with Crippen molar-refractivity contribution in [3.8, 4) is 0 Å². The lowest BCUT2D eigenvalue weighted by molar-refractivity contribution is 0.140. The predicted molar refractivity (Wildman–Crippen MR) is 53.6 cm³/mol. The molecule has 0 heterocycles. The van der Waals surface area contributed by atoms with E-state index in [0.717, 1.165) is 31.2 Å². The van der Waals surface area contributed by atoms with Crippen molar-refractivity contribution in [2.75, 3.05) is 0 Å². The molecule has 0 radical (unpaired) electrons. The maximum Gasteiger partial charge on any atom is 0.126 e. The zero-order valence-electron chi connectivity index (χ0n) is 8.39. The summed E-state index contributed by atoms with van der Waals surface area (Å²) in [6, 6.07) is 5.16. The Bertz CT molecular complexity index is 342. The van der Waals surface area contributed by atoms with E-state index in [2.05, 4.69) is 0 Å². The van der Waals surface area contributed by atoms with Crippen LogP contribution in [-0.2, 0) is 6.42 Å². The second kappa shape index (κ2) is 3.35. The summed E-state index contributed by atoms with van der Waals surface area (Å²) in [6.45, 7) is 1.77. The smallest absolute Gasteiger partial charge is 0.126 e. The van der Waals surface area contributed by atoms with Crippen LogP contribution in [0.25, 0.3) is 0 Å². The molecule has 2 heteroatoms. The van der Waals surface area contributed by atoms with Gasteiger partial charge >= 0.3 is 0 Å². The van der Waals surface area contributed by atoms with Crippen LogP contribution >= 0.6 is 0 Å². The van der Waals surface area contributed by atoms with E-state index in [1.807, 2.05) is 6.07 Å². The number of aliphatic hydroxyl groups is 1. The topological polar surface area (TPSA) is 20.2 Å². The van der Waals surface area contributed by atoms with Gasteiger partial charge in [-0.25, -0.2) is 4.39 Å². The van der Waals surface area contributed by atoms with Gasteiger partial charge in [0.15, 0.2) is 0 Å². The van der Waals surface area contributed by atoms with E-state index < -0.39 is 5.60 Å². The summed E-state index contributed by atoms with van der Waals surface area (Å²) in [4.78, 5) is 0. The zero-order valence-corrected chi connectivity index (χ0v) is 8.39. The number of hydrogen-bond donors (Lipinski definition) is 1. The molecule has 0 aromatic heterocycles. The molecule has 1 aliphatic rings. The van der Waals surface area contributed by atoms with Crippen LogP contribution in [0.15, 0.2) is 18.2 Å². The average Bonchev–Trinajstić information content (AvgIpc) is 2.87. The lowest BCUT2D eigenvalue weighted by atomic mass is 10.0. The van der Waals surface area contributed by atoms with Crippen LogP contribution in [0.4, 0.5) is 4.39 Å². The average molecular weight is 194 g/mol. The molecular formula is C12H15FO. The minimum absolute atomic E-state index is 0.154. The molecule has 0 amide bonds. The van der Waals surface area contributed by atoms with Gasteiger partial charge < -0.3 is 5.11 Å². The lowest BCUT2D eigenvalue weighted by Gasteiger charge is -2.07. The van der Waals surface area contributed by atoms with Crippen LogP contribution in [0.3, 0.4) is 0 Å². The summed E-state index contributed by atoms with van der Waals surface area (Å²) in [5, 5.41) is 9.64. The van der Waals surface area contributed by atoms with Crippen molar-refractivity contribution < 1.29 is 9.50 Å². The minimum Gasteiger partial charge on any atom is -0.390 e. The summed E-state index contributed by atoms with van der Waals surface area (Å²) >= 11 is 0. The zero-order chi connectivity index (χ0) is 10.2. The van der Waals surface area contributed by atoms with Crippen molar-refractivity contribution in [1.82, 2.24) is 0 Å². The molecule has 1 saturated carbocycles. The van der Waals surface area contributed by atoms with Crippen molar-refractivity contribution >= 4 is 0 Å². The molecule has 1 N–H and O–H groups in total. The van der Waals surface area contributed by atoms with E-state index in [0.29, 0.717) is 5.56 Å². The number of benzene rings is 1. The number of aryl methyl sites for hydroxylation is 2. The number of hydrogen-bond acceptors (Lipinski definition) is 1. The highest BCUT2D eigenvalue weighted by Crippen LogP contribution is 2.39. The molecule has 0 unspecified atom stereocenters. The van der Waals surface area contributed by atoms with Crippen LogP contribution < -0.4 is 0 Å². The lowest BCUT2D eigenvalue weighted by Crippen LogP contribution is -2.07. The molecule has 1 aromatic carbocycles. The van der Waals surface area contributed by atoms with E-state index >= 15 is 0 Å². The molecule has 0 aliphatic heterocycles. The first-order valence-electron chi connectivity index (χ1n) is 5.06. The van der Waals surface area contributed by atoms with Crippen molar-refractivity contribution in [2.45, 2.75) is 38.2 Å². The van der Waals surface area contributed by atoms with Gasteiger partial charge in [0.1, 0.15) is 5.82 Å². The van der Waals surface area contributed by atoms with Gasteiger partial charge in [0, 0.05) is 0 Å². The molecule has 1 aliphatic carbocycles. The first-order chi connectivity index (χ1) is 6.59. The minimum atomic E-state index is -0.401. The molecule has 1 fully saturated rings. The van der Waals surface area contributed by atoms with Crippen LogP contribution in [0.2, 0.25) is 0 Å². The molecule has 1 nitrogen and oxygen atoms in total. The van der Waals surface area contributed by atoms with Crippen LogP contribution in [0.5, 0.6) is 0 Å². The molecule has 2 rings (SSSR count). The quantitative estimate of drug-likeness (QED) is 0.784. The van der Waals surface area contributed by atoms with E-state index in [1.54, 1.807) is 13.0 Å². The molecule has 0 spiro atoms.